The van der Waals surface area contributed by atoms with Gasteiger partial charge in [0.05, 0.1) is 6.42 Å². The minimum atomic E-state index is -0.280. The van der Waals surface area contributed by atoms with E-state index in [1.54, 1.807) is 6.07 Å². The van der Waals surface area contributed by atoms with Gasteiger partial charge in [-0.05, 0) is 54.8 Å². The molecule has 0 aliphatic carbocycles. The van der Waals surface area contributed by atoms with Crippen molar-refractivity contribution in [3.63, 3.8) is 0 Å². The monoisotopic (exact) mass is 413 g/mol. The Morgan fingerprint density at radius 3 is 2.69 bits per heavy atom. The lowest BCUT2D eigenvalue weighted by molar-refractivity contribution is -0.130. The van der Waals surface area contributed by atoms with Crippen LogP contribution in [0.2, 0.25) is 5.02 Å². The first-order valence-corrected chi connectivity index (χ1v) is 10.4. The number of benzene rings is 2. The summed E-state index contributed by atoms with van der Waals surface area (Å²) >= 11 is 5.97. The van der Waals surface area contributed by atoms with Crippen LogP contribution < -0.4 is 0 Å². The zero-order valence-corrected chi connectivity index (χ0v) is 17.3. The first-order valence-electron chi connectivity index (χ1n) is 10.0. The number of H-pyrrole nitrogens is 1. The lowest BCUT2D eigenvalue weighted by Crippen LogP contribution is -2.36. The third-order valence-electron chi connectivity index (χ3n) is 5.67. The summed E-state index contributed by atoms with van der Waals surface area (Å²) in [6.07, 6.45) is 1.24. The van der Waals surface area contributed by atoms with Gasteiger partial charge < -0.3 is 9.88 Å². The van der Waals surface area contributed by atoms with Gasteiger partial charge >= 0.3 is 0 Å². The predicted octanol–water partition coefficient (Wildman–Crippen LogP) is 4.55. The van der Waals surface area contributed by atoms with E-state index in [-0.39, 0.29) is 11.7 Å². The van der Waals surface area contributed by atoms with Crippen molar-refractivity contribution in [3.8, 4) is 0 Å². The topological polar surface area (TPSA) is 39.3 Å². The van der Waals surface area contributed by atoms with Gasteiger partial charge in [-0.25, -0.2) is 4.39 Å². The summed E-state index contributed by atoms with van der Waals surface area (Å²) in [5.41, 5.74) is 3.92. The second-order valence-corrected chi connectivity index (χ2v) is 8.17. The van der Waals surface area contributed by atoms with Gasteiger partial charge in [-0.15, -0.1) is 0 Å². The highest BCUT2D eigenvalue weighted by molar-refractivity contribution is 6.30. The molecule has 1 saturated heterocycles. The SMILES string of the molecule is Cc1[nH]c2ccc(F)cc2c1CC(=O)N1CCCN(Cc2ccc(Cl)cc2)CC1. The van der Waals surface area contributed by atoms with Gasteiger partial charge in [0.2, 0.25) is 5.91 Å². The van der Waals surface area contributed by atoms with Crippen molar-refractivity contribution in [2.24, 2.45) is 0 Å². The van der Waals surface area contributed by atoms with E-state index in [4.69, 9.17) is 11.6 Å². The maximum Gasteiger partial charge on any atom is 0.227 e. The van der Waals surface area contributed by atoms with Gasteiger partial charge in [-0.2, -0.15) is 0 Å². The molecule has 0 unspecified atom stereocenters. The smallest absolute Gasteiger partial charge is 0.227 e. The Bertz CT molecular complexity index is 1010. The maximum atomic E-state index is 13.7. The molecule has 2 heterocycles. The fraction of sp³-hybridized carbons (Fsp3) is 0.348. The number of nitrogens with one attached hydrogen (secondary N) is 1. The summed E-state index contributed by atoms with van der Waals surface area (Å²) in [6.45, 7) is 6.07. The Balaban J connectivity index is 1.40. The zero-order chi connectivity index (χ0) is 20.4. The first kappa shape index (κ1) is 19.9. The van der Waals surface area contributed by atoms with Crippen molar-refractivity contribution >= 4 is 28.4 Å². The number of fused-ring (bicyclic) bond motifs is 1. The Hall–Kier alpha value is -2.37. The number of halogens is 2. The van der Waals surface area contributed by atoms with E-state index in [1.807, 2.05) is 24.0 Å². The van der Waals surface area contributed by atoms with Crippen LogP contribution >= 0.6 is 11.6 Å². The summed E-state index contributed by atoms with van der Waals surface area (Å²) in [5, 5.41) is 1.55. The lowest BCUT2D eigenvalue weighted by atomic mass is 10.1. The van der Waals surface area contributed by atoms with E-state index in [0.29, 0.717) is 13.0 Å². The van der Waals surface area contributed by atoms with Crippen molar-refractivity contribution in [2.45, 2.75) is 26.3 Å². The van der Waals surface area contributed by atoms with Gasteiger partial charge in [0.25, 0.3) is 0 Å². The van der Waals surface area contributed by atoms with Gasteiger partial charge in [-0.3, -0.25) is 9.69 Å². The Morgan fingerprint density at radius 1 is 1.10 bits per heavy atom. The fourth-order valence-electron chi connectivity index (χ4n) is 4.07. The summed E-state index contributed by atoms with van der Waals surface area (Å²) in [6, 6.07) is 12.6. The minimum Gasteiger partial charge on any atom is -0.358 e. The number of nitrogens with zero attached hydrogens (tertiary/aromatic N) is 2. The molecule has 3 aromatic rings. The van der Waals surface area contributed by atoms with E-state index in [2.05, 4.69) is 22.0 Å². The van der Waals surface area contributed by atoms with E-state index >= 15 is 0 Å². The molecule has 0 atom stereocenters. The second kappa shape index (κ2) is 8.56. The van der Waals surface area contributed by atoms with Gasteiger partial charge in [0.15, 0.2) is 0 Å². The largest absolute Gasteiger partial charge is 0.358 e. The molecule has 1 fully saturated rings. The molecule has 29 heavy (non-hydrogen) atoms. The van der Waals surface area contributed by atoms with Crippen LogP contribution in [0, 0.1) is 12.7 Å². The molecule has 1 aliphatic heterocycles. The zero-order valence-electron chi connectivity index (χ0n) is 16.5. The molecule has 0 spiro atoms. The van der Waals surface area contributed by atoms with Gasteiger partial charge in [-0.1, -0.05) is 23.7 Å². The molecule has 4 rings (SSSR count). The molecule has 2 aromatic carbocycles. The second-order valence-electron chi connectivity index (χ2n) is 7.73. The van der Waals surface area contributed by atoms with Crippen LogP contribution in [0.15, 0.2) is 42.5 Å². The highest BCUT2D eigenvalue weighted by atomic mass is 35.5. The number of aromatic nitrogens is 1. The van der Waals surface area contributed by atoms with Crippen LogP contribution in [0.4, 0.5) is 4.39 Å². The summed E-state index contributed by atoms with van der Waals surface area (Å²) in [4.78, 5) is 20.6. The molecule has 0 saturated carbocycles. The number of rotatable bonds is 4. The van der Waals surface area contributed by atoms with E-state index in [0.717, 1.165) is 59.8 Å². The van der Waals surface area contributed by atoms with E-state index in [9.17, 15) is 9.18 Å². The number of hydrogen-bond donors (Lipinski definition) is 1. The molecule has 1 N–H and O–H groups in total. The molecule has 0 radical (unpaired) electrons. The fourth-order valence-corrected chi connectivity index (χ4v) is 4.20. The molecule has 4 nitrogen and oxygen atoms in total. The van der Waals surface area contributed by atoms with Gasteiger partial charge in [0, 0.05) is 54.3 Å². The molecular weight excluding hydrogens is 389 g/mol. The quantitative estimate of drug-likeness (QED) is 0.681. The number of aryl methyl sites for hydroxylation is 1. The van der Waals surface area contributed by atoms with Crippen molar-refractivity contribution in [2.75, 3.05) is 26.2 Å². The highest BCUT2D eigenvalue weighted by Gasteiger charge is 2.21. The summed E-state index contributed by atoms with van der Waals surface area (Å²) in [5.74, 6) is -0.176. The third-order valence-corrected chi connectivity index (χ3v) is 5.92. The molecule has 1 amide bonds. The van der Waals surface area contributed by atoms with Crippen molar-refractivity contribution in [3.05, 3.63) is 70.1 Å². The Morgan fingerprint density at radius 2 is 1.90 bits per heavy atom. The number of carbonyl (C=O) groups excluding carboxylic acids is 1. The van der Waals surface area contributed by atoms with Crippen LogP contribution in [0.25, 0.3) is 10.9 Å². The normalized spacial score (nSPS) is 15.6. The van der Waals surface area contributed by atoms with Crippen LogP contribution in [0.3, 0.4) is 0 Å². The average Bonchev–Trinajstić information content (AvgIpc) is 2.86. The van der Waals surface area contributed by atoms with Gasteiger partial charge in [0.1, 0.15) is 5.82 Å². The molecular formula is C23H25ClFN3O. The van der Waals surface area contributed by atoms with Crippen molar-refractivity contribution in [1.29, 1.82) is 0 Å². The number of hydrogen-bond acceptors (Lipinski definition) is 2. The van der Waals surface area contributed by atoms with E-state index < -0.39 is 0 Å². The Labute approximate surface area is 175 Å². The average molecular weight is 414 g/mol. The van der Waals surface area contributed by atoms with Crippen LogP contribution in [-0.4, -0.2) is 46.9 Å². The summed E-state index contributed by atoms with van der Waals surface area (Å²) in [7, 11) is 0. The third kappa shape index (κ3) is 4.62. The standard InChI is InChI=1S/C23H25ClFN3O/c1-16-20(21-13-19(25)7-8-22(21)26-16)14-23(29)28-10-2-9-27(11-12-28)15-17-3-5-18(24)6-4-17/h3-8,13,26H,2,9-12,14-15H2,1H3. The van der Waals surface area contributed by atoms with Crippen LogP contribution in [-0.2, 0) is 17.8 Å². The molecule has 1 aromatic heterocycles. The lowest BCUT2D eigenvalue weighted by Gasteiger charge is -2.22. The number of aromatic amines is 1. The number of carbonyl (C=O) groups is 1. The van der Waals surface area contributed by atoms with Crippen molar-refractivity contribution < 1.29 is 9.18 Å². The molecule has 6 heteroatoms. The summed E-state index contributed by atoms with van der Waals surface area (Å²) < 4.78 is 13.7. The predicted molar refractivity (Wildman–Crippen MR) is 115 cm³/mol. The van der Waals surface area contributed by atoms with Crippen LogP contribution in [0.1, 0.15) is 23.2 Å². The number of amides is 1. The van der Waals surface area contributed by atoms with Crippen molar-refractivity contribution in [1.82, 2.24) is 14.8 Å². The molecule has 152 valence electrons. The van der Waals surface area contributed by atoms with Crippen LogP contribution in [0.5, 0.6) is 0 Å². The first-order chi connectivity index (χ1) is 14.0. The maximum absolute atomic E-state index is 13.7. The molecule has 1 aliphatic rings. The highest BCUT2D eigenvalue weighted by Crippen LogP contribution is 2.24. The Kier molecular flexibility index (Phi) is 5.88. The minimum absolute atomic E-state index is 0.103. The van der Waals surface area contributed by atoms with E-state index in [1.165, 1.54) is 17.7 Å². The molecule has 0 bridgehead atoms.